The molecule has 4 heteroatoms. The molecule has 0 radical (unpaired) electrons. The van der Waals surface area contributed by atoms with Gasteiger partial charge in [-0.3, -0.25) is 9.20 Å². The van der Waals surface area contributed by atoms with Gasteiger partial charge in [0.25, 0.3) is 5.56 Å². The first kappa shape index (κ1) is 10.4. The summed E-state index contributed by atoms with van der Waals surface area (Å²) in [6, 6.07) is 1.74. The van der Waals surface area contributed by atoms with Gasteiger partial charge in [0.15, 0.2) is 0 Å². The lowest BCUT2D eigenvalue weighted by molar-refractivity contribution is 0.329. The van der Waals surface area contributed by atoms with E-state index in [9.17, 15) is 4.79 Å². The Balaban J connectivity index is 1.65. The Morgan fingerprint density at radius 1 is 1.39 bits per heavy atom. The summed E-state index contributed by atoms with van der Waals surface area (Å²) in [6.07, 6.45) is 9.97. The minimum atomic E-state index is 0.0272. The smallest absolute Gasteiger partial charge is 0.259 e. The Bertz CT molecular complexity index is 642. The first-order valence-electron chi connectivity index (χ1n) is 6.85. The normalized spacial score (nSPS) is 30.3. The molecule has 0 spiro atoms. The predicted molar refractivity (Wildman–Crippen MR) is 68.5 cm³/mol. The molecule has 3 unspecified atom stereocenters. The summed E-state index contributed by atoms with van der Waals surface area (Å²) in [7, 11) is 0. The lowest BCUT2D eigenvalue weighted by atomic mass is 9.85. The molecule has 2 bridgehead atoms. The zero-order valence-electron chi connectivity index (χ0n) is 10.3. The van der Waals surface area contributed by atoms with E-state index in [0.717, 1.165) is 29.9 Å². The third-order valence-corrected chi connectivity index (χ3v) is 4.81. The highest BCUT2D eigenvalue weighted by atomic mass is 16.1. The van der Waals surface area contributed by atoms with E-state index in [-0.39, 0.29) is 5.56 Å². The number of hydrogen-bond donors (Lipinski definition) is 1. The maximum Gasteiger partial charge on any atom is 0.259 e. The van der Waals surface area contributed by atoms with Gasteiger partial charge in [-0.25, -0.2) is 4.98 Å². The zero-order valence-corrected chi connectivity index (χ0v) is 10.3. The van der Waals surface area contributed by atoms with Gasteiger partial charge in [-0.2, -0.15) is 0 Å². The van der Waals surface area contributed by atoms with Gasteiger partial charge < -0.3 is 4.98 Å². The molecule has 4 nitrogen and oxygen atoms in total. The van der Waals surface area contributed by atoms with E-state index in [1.165, 1.54) is 25.7 Å². The molecule has 18 heavy (non-hydrogen) atoms. The Labute approximate surface area is 105 Å². The molecule has 0 saturated heterocycles. The van der Waals surface area contributed by atoms with Crippen LogP contribution >= 0.6 is 0 Å². The van der Waals surface area contributed by atoms with E-state index in [1.54, 1.807) is 22.9 Å². The van der Waals surface area contributed by atoms with Gasteiger partial charge in [-0.15, -0.1) is 0 Å². The fourth-order valence-electron chi connectivity index (χ4n) is 3.99. The third-order valence-electron chi connectivity index (χ3n) is 4.81. The van der Waals surface area contributed by atoms with Gasteiger partial charge in [-0.1, -0.05) is 6.42 Å². The average molecular weight is 243 g/mol. The number of H-pyrrole nitrogens is 1. The summed E-state index contributed by atoms with van der Waals surface area (Å²) in [5.74, 6) is 3.30. The fraction of sp³-hybridized carbons (Fsp3) is 0.571. The minimum absolute atomic E-state index is 0.0272. The van der Waals surface area contributed by atoms with Gasteiger partial charge in [0.1, 0.15) is 0 Å². The lowest BCUT2D eigenvalue weighted by Gasteiger charge is -2.21. The molecule has 2 fully saturated rings. The van der Waals surface area contributed by atoms with Crippen LogP contribution in [-0.4, -0.2) is 14.4 Å². The van der Waals surface area contributed by atoms with Gasteiger partial charge in [0.2, 0.25) is 5.78 Å². The summed E-state index contributed by atoms with van der Waals surface area (Å²) < 4.78 is 1.56. The predicted octanol–water partition coefficient (Wildman–Crippen LogP) is 2.00. The van der Waals surface area contributed by atoms with Crippen LogP contribution in [0.4, 0.5) is 0 Å². The maximum absolute atomic E-state index is 11.9. The van der Waals surface area contributed by atoms with Crippen molar-refractivity contribution < 1.29 is 0 Å². The van der Waals surface area contributed by atoms with Crippen molar-refractivity contribution in [2.45, 2.75) is 32.1 Å². The molecule has 0 aliphatic heterocycles. The number of nitrogens with one attached hydrogen (secondary N) is 1. The van der Waals surface area contributed by atoms with Gasteiger partial charge in [-0.05, 0) is 43.4 Å². The second-order valence-corrected chi connectivity index (χ2v) is 5.89. The molecule has 2 aromatic heterocycles. The second-order valence-electron chi connectivity index (χ2n) is 5.89. The highest BCUT2D eigenvalue weighted by Crippen LogP contribution is 2.49. The molecule has 4 rings (SSSR count). The number of hydrogen-bond acceptors (Lipinski definition) is 2. The first-order chi connectivity index (χ1) is 8.79. The quantitative estimate of drug-likeness (QED) is 0.877. The van der Waals surface area contributed by atoms with Crippen LogP contribution < -0.4 is 5.56 Å². The van der Waals surface area contributed by atoms with E-state index in [2.05, 4.69) is 9.97 Å². The van der Waals surface area contributed by atoms with Crippen molar-refractivity contribution in [2.24, 2.45) is 17.8 Å². The number of aromatic amines is 1. The minimum Gasteiger partial charge on any atom is -0.329 e. The van der Waals surface area contributed by atoms with Crippen LogP contribution in [0.2, 0.25) is 0 Å². The monoisotopic (exact) mass is 243 g/mol. The Morgan fingerprint density at radius 3 is 3.11 bits per heavy atom. The molecule has 1 N–H and O–H groups in total. The number of rotatable bonds is 2. The molecular formula is C14H17N3O. The second kappa shape index (κ2) is 3.70. The molecule has 0 aromatic carbocycles. The van der Waals surface area contributed by atoms with Crippen LogP contribution in [0.3, 0.4) is 0 Å². The van der Waals surface area contributed by atoms with E-state index < -0.39 is 0 Å². The van der Waals surface area contributed by atoms with Crippen molar-refractivity contribution in [3.8, 4) is 0 Å². The lowest BCUT2D eigenvalue weighted by Crippen LogP contribution is -2.18. The van der Waals surface area contributed by atoms with Crippen molar-refractivity contribution in [3.63, 3.8) is 0 Å². The van der Waals surface area contributed by atoms with E-state index >= 15 is 0 Å². The Morgan fingerprint density at radius 2 is 2.33 bits per heavy atom. The van der Waals surface area contributed by atoms with Crippen LogP contribution in [0, 0.1) is 17.8 Å². The SMILES string of the molecule is O=c1cc(CC2CC3CCC2C3)[nH]c2nccn12. The van der Waals surface area contributed by atoms with E-state index in [1.807, 2.05) is 0 Å². The largest absolute Gasteiger partial charge is 0.329 e. The van der Waals surface area contributed by atoms with Crippen LogP contribution in [0.25, 0.3) is 5.78 Å². The molecule has 2 heterocycles. The average Bonchev–Trinajstić information content (AvgIpc) is 3.02. The first-order valence-corrected chi connectivity index (χ1v) is 6.85. The van der Waals surface area contributed by atoms with Crippen LogP contribution in [0.5, 0.6) is 0 Å². The summed E-state index contributed by atoms with van der Waals surface area (Å²) >= 11 is 0. The van der Waals surface area contributed by atoms with Crippen molar-refractivity contribution in [1.29, 1.82) is 0 Å². The number of nitrogens with zero attached hydrogens (tertiary/aromatic N) is 2. The van der Waals surface area contributed by atoms with Gasteiger partial charge in [0.05, 0.1) is 0 Å². The maximum atomic E-state index is 11.9. The fourth-order valence-corrected chi connectivity index (χ4v) is 3.99. The summed E-state index contributed by atoms with van der Waals surface area (Å²) in [6.45, 7) is 0. The zero-order chi connectivity index (χ0) is 12.1. The molecule has 2 aliphatic rings. The standard InChI is InChI=1S/C14H17N3O/c18-13-8-12(16-14-15-3-4-17(13)14)7-11-6-9-1-2-10(11)5-9/h3-4,8-11H,1-2,5-7H2,(H,15,16). The van der Waals surface area contributed by atoms with Gasteiger partial charge >= 0.3 is 0 Å². The highest BCUT2D eigenvalue weighted by Gasteiger charge is 2.39. The van der Waals surface area contributed by atoms with Crippen molar-refractivity contribution in [3.05, 3.63) is 34.5 Å². The number of fused-ring (bicyclic) bond motifs is 3. The topological polar surface area (TPSA) is 50.2 Å². The number of aromatic nitrogens is 3. The summed E-state index contributed by atoms with van der Waals surface area (Å²) in [5, 5.41) is 0. The molecule has 2 aliphatic carbocycles. The van der Waals surface area contributed by atoms with Gasteiger partial charge in [0, 0.05) is 24.2 Å². The summed E-state index contributed by atoms with van der Waals surface area (Å²) in [5.41, 5.74) is 1.08. The van der Waals surface area contributed by atoms with Crippen LogP contribution in [0.15, 0.2) is 23.3 Å². The van der Waals surface area contributed by atoms with Crippen LogP contribution in [-0.2, 0) is 6.42 Å². The molecule has 3 atom stereocenters. The van der Waals surface area contributed by atoms with Crippen molar-refractivity contribution in [2.75, 3.05) is 0 Å². The molecule has 94 valence electrons. The third kappa shape index (κ3) is 1.51. The molecular weight excluding hydrogens is 226 g/mol. The summed E-state index contributed by atoms with van der Waals surface area (Å²) in [4.78, 5) is 19.4. The van der Waals surface area contributed by atoms with Crippen LogP contribution in [0.1, 0.15) is 31.4 Å². The molecule has 0 amide bonds. The Hall–Kier alpha value is -1.58. The Kier molecular flexibility index (Phi) is 2.13. The highest BCUT2D eigenvalue weighted by molar-refractivity contribution is 5.29. The molecule has 2 aromatic rings. The van der Waals surface area contributed by atoms with Crippen molar-refractivity contribution in [1.82, 2.24) is 14.4 Å². The van der Waals surface area contributed by atoms with Crippen molar-refractivity contribution >= 4 is 5.78 Å². The van der Waals surface area contributed by atoms with E-state index in [0.29, 0.717) is 5.78 Å². The van der Waals surface area contributed by atoms with E-state index in [4.69, 9.17) is 0 Å². The number of imidazole rings is 1. The molecule has 2 saturated carbocycles.